The molecule has 1 heterocycles. The molecule has 0 N–H and O–H groups in total. The fourth-order valence-corrected chi connectivity index (χ4v) is 3.95. The Morgan fingerprint density at radius 2 is 2.14 bits per heavy atom. The van der Waals surface area contributed by atoms with E-state index < -0.39 is 0 Å². The Morgan fingerprint density at radius 3 is 2.79 bits per heavy atom. The van der Waals surface area contributed by atoms with E-state index in [-0.39, 0.29) is 27.4 Å². The van der Waals surface area contributed by atoms with Crippen molar-refractivity contribution in [2.24, 2.45) is 0 Å². The third-order valence-corrected chi connectivity index (χ3v) is 5.11. The summed E-state index contributed by atoms with van der Waals surface area (Å²) in [6.07, 6.45) is 0. The van der Waals surface area contributed by atoms with Crippen LogP contribution in [0.5, 0.6) is 0 Å². The quantitative estimate of drug-likeness (QED) is 0.399. The van der Waals surface area contributed by atoms with E-state index in [0.29, 0.717) is 6.04 Å². The predicted octanol–water partition coefficient (Wildman–Crippen LogP) is -0.773. The Kier molecular flexibility index (Phi) is 2.76. The van der Waals surface area contributed by atoms with Gasteiger partial charge >= 0.3 is 95.0 Å². The van der Waals surface area contributed by atoms with Gasteiger partial charge in [-0.05, 0) is 0 Å². The molecule has 1 aromatic rings. The van der Waals surface area contributed by atoms with Crippen molar-refractivity contribution in [1.82, 2.24) is 3.11 Å². The van der Waals surface area contributed by atoms with Crippen LogP contribution in [0.2, 0.25) is 0 Å². The molecule has 1 amide bonds. The van der Waals surface area contributed by atoms with Crippen molar-refractivity contribution in [2.75, 3.05) is 4.43 Å². The molecule has 0 aliphatic carbocycles. The van der Waals surface area contributed by atoms with E-state index in [1.807, 2.05) is 18.2 Å². The zero-order valence-electron chi connectivity index (χ0n) is 8.33. The summed E-state index contributed by atoms with van der Waals surface area (Å²) in [6.45, 7) is 4.27. The van der Waals surface area contributed by atoms with Gasteiger partial charge in [0.2, 0.25) is 0 Å². The van der Waals surface area contributed by atoms with E-state index >= 15 is 0 Å². The fraction of sp³-hybridized carbons (Fsp3) is 0.364. The number of amides is 1. The third-order valence-electron chi connectivity index (χ3n) is 2.42. The maximum absolute atomic E-state index is 12.0. The van der Waals surface area contributed by atoms with Crippen LogP contribution in [0.1, 0.15) is 35.8 Å². The molecule has 14 heavy (non-hydrogen) atoms. The molecule has 0 saturated carbocycles. The summed E-state index contributed by atoms with van der Waals surface area (Å²) in [5.41, 5.74) is 2.11. The summed E-state index contributed by atoms with van der Waals surface area (Å²) < 4.78 is 3.19. The first kappa shape index (κ1) is 9.96. The summed E-state index contributed by atoms with van der Waals surface area (Å²) in [6, 6.07) is 8.25. The summed E-state index contributed by atoms with van der Waals surface area (Å²) in [4.78, 5) is 12.0. The molecule has 1 atom stereocenters. The maximum atomic E-state index is 12.0. The number of carbonyl (C=O) groups is 1. The Bertz CT molecular complexity index is 364. The van der Waals surface area contributed by atoms with Crippen LogP contribution in [0, 0.1) is 0 Å². The normalized spacial score (nSPS) is 20.3. The number of halogens is 1. The second kappa shape index (κ2) is 3.88. The summed E-state index contributed by atoms with van der Waals surface area (Å²) in [5, 5.41) is 0. The third kappa shape index (κ3) is 1.43. The van der Waals surface area contributed by atoms with Gasteiger partial charge in [0.25, 0.3) is 0 Å². The monoisotopic (exact) mass is 302 g/mol. The number of hydrogen-bond donors (Lipinski definition) is 0. The van der Waals surface area contributed by atoms with Crippen LogP contribution in [-0.2, 0) is 0 Å². The van der Waals surface area contributed by atoms with Crippen LogP contribution in [0.3, 0.4) is 0 Å². The van der Waals surface area contributed by atoms with Crippen LogP contribution in [0.15, 0.2) is 24.3 Å². The molecule has 2 nitrogen and oxygen atoms in total. The molecule has 1 aliphatic heterocycles. The average molecular weight is 302 g/mol. The number of rotatable bonds is 2. The van der Waals surface area contributed by atoms with Crippen LogP contribution >= 0.6 is 0 Å². The Morgan fingerprint density at radius 1 is 1.43 bits per heavy atom. The molecule has 0 saturated heterocycles. The SMILES string of the molecule is CC[I-]N1C(=O)c2ccccc2C1C. The predicted molar refractivity (Wildman–Crippen MR) is 51.6 cm³/mol. The van der Waals surface area contributed by atoms with Gasteiger partial charge in [-0.2, -0.15) is 0 Å². The van der Waals surface area contributed by atoms with Crippen LogP contribution in [0.25, 0.3) is 0 Å². The van der Waals surface area contributed by atoms with E-state index in [9.17, 15) is 4.79 Å². The molecule has 76 valence electrons. The number of fused-ring (bicyclic) bond motifs is 1. The van der Waals surface area contributed by atoms with E-state index in [1.165, 1.54) is 5.56 Å². The second-order valence-electron chi connectivity index (χ2n) is 3.27. The van der Waals surface area contributed by atoms with Crippen molar-refractivity contribution >= 4 is 5.91 Å². The number of alkyl halides is 1. The topological polar surface area (TPSA) is 20.3 Å². The fourth-order valence-electron chi connectivity index (χ4n) is 1.76. The molecule has 0 bridgehead atoms. The first-order valence-corrected chi connectivity index (χ1v) is 7.26. The van der Waals surface area contributed by atoms with Crippen molar-refractivity contribution in [3.05, 3.63) is 35.4 Å². The van der Waals surface area contributed by atoms with Gasteiger partial charge in [-0.1, -0.05) is 0 Å². The number of benzene rings is 1. The summed E-state index contributed by atoms with van der Waals surface area (Å²) in [7, 11) is 0. The summed E-state index contributed by atoms with van der Waals surface area (Å²) >= 11 is -0.120. The van der Waals surface area contributed by atoms with Gasteiger partial charge < -0.3 is 0 Å². The standard InChI is InChI=1S/C11H13INO/c1-3-12-13-8(2)9-6-4-5-7-10(9)11(13)14/h4-8H,3H2,1-2H3/q-1. The van der Waals surface area contributed by atoms with E-state index in [0.717, 1.165) is 9.99 Å². The Balaban J connectivity index is 2.38. The van der Waals surface area contributed by atoms with Gasteiger partial charge in [-0.3, -0.25) is 0 Å². The van der Waals surface area contributed by atoms with Gasteiger partial charge in [0.05, 0.1) is 0 Å². The van der Waals surface area contributed by atoms with Crippen LogP contribution in [-0.4, -0.2) is 13.4 Å². The molecule has 1 aliphatic rings. The second-order valence-corrected chi connectivity index (χ2v) is 6.51. The average Bonchev–Trinajstić information content (AvgIpc) is 2.45. The van der Waals surface area contributed by atoms with Crippen molar-refractivity contribution < 1.29 is 26.3 Å². The van der Waals surface area contributed by atoms with Gasteiger partial charge in [0.1, 0.15) is 0 Å². The first-order valence-electron chi connectivity index (χ1n) is 4.77. The van der Waals surface area contributed by atoms with Crippen molar-refractivity contribution in [2.45, 2.75) is 19.9 Å². The summed E-state index contributed by atoms with van der Waals surface area (Å²) in [5.74, 6) is 0.239. The molecule has 0 spiro atoms. The molecule has 3 heteroatoms. The van der Waals surface area contributed by atoms with E-state index in [2.05, 4.69) is 23.0 Å². The number of hydrogen-bond acceptors (Lipinski definition) is 1. The van der Waals surface area contributed by atoms with E-state index in [1.54, 1.807) is 0 Å². The van der Waals surface area contributed by atoms with Gasteiger partial charge in [0.15, 0.2) is 0 Å². The minimum absolute atomic E-state index is 0.120. The molecule has 2 rings (SSSR count). The first-order chi connectivity index (χ1) is 6.75. The Hall–Kier alpha value is -0.580. The molecule has 1 aromatic carbocycles. The number of carbonyl (C=O) groups excluding carboxylic acids is 1. The van der Waals surface area contributed by atoms with Crippen LogP contribution in [0.4, 0.5) is 0 Å². The number of nitrogens with zero attached hydrogens (tertiary/aromatic N) is 1. The molecular weight excluding hydrogens is 289 g/mol. The molecule has 0 radical (unpaired) electrons. The molecular formula is C11H13INO-. The van der Waals surface area contributed by atoms with Crippen molar-refractivity contribution in [1.29, 1.82) is 0 Å². The van der Waals surface area contributed by atoms with Crippen molar-refractivity contribution in [3.63, 3.8) is 0 Å². The van der Waals surface area contributed by atoms with E-state index in [4.69, 9.17) is 0 Å². The zero-order valence-corrected chi connectivity index (χ0v) is 10.5. The van der Waals surface area contributed by atoms with Gasteiger partial charge in [0, 0.05) is 0 Å². The van der Waals surface area contributed by atoms with Crippen LogP contribution < -0.4 is 21.5 Å². The zero-order chi connectivity index (χ0) is 10.1. The molecule has 0 aromatic heterocycles. The minimum atomic E-state index is -0.120. The van der Waals surface area contributed by atoms with Crippen molar-refractivity contribution in [3.8, 4) is 0 Å². The van der Waals surface area contributed by atoms with Gasteiger partial charge in [-0.15, -0.1) is 0 Å². The Labute approximate surface area is 94.9 Å². The molecule has 1 unspecified atom stereocenters. The van der Waals surface area contributed by atoms with Gasteiger partial charge in [-0.25, -0.2) is 0 Å². The molecule has 0 fully saturated rings.